The second-order valence-corrected chi connectivity index (χ2v) is 4.02. The molecule has 1 rings (SSSR count). The molecule has 0 heterocycles. The maximum Gasteiger partial charge on any atom is 0.190 e. The van der Waals surface area contributed by atoms with E-state index in [1.807, 2.05) is 0 Å². The van der Waals surface area contributed by atoms with Gasteiger partial charge in [-0.2, -0.15) is 0 Å². The van der Waals surface area contributed by atoms with Gasteiger partial charge in [-0.15, -0.1) is 6.58 Å². The van der Waals surface area contributed by atoms with E-state index in [4.69, 9.17) is 27.9 Å². The van der Waals surface area contributed by atoms with Crippen molar-refractivity contribution in [2.24, 2.45) is 0 Å². The molecule has 16 heavy (non-hydrogen) atoms. The maximum atomic E-state index is 11.7. The van der Waals surface area contributed by atoms with Crippen LogP contribution in [0.25, 0.3) is 0 Å². The van der Waals surface area contributed by atoms with Crippen LogP contribution in [-0.4, -0.2) is 19.0 Å². The quantitative estimate of drug-likeness (QED) is 0.441. The number of carbonyl (C=O) groups is 1. The fraction of sp³-hybridized carbons (Fsp3) is 0.250. The predicted molar refractivity (Wildman–Crippen MR) is 66.4 cm³/mol. The summed E-state index contributed by atoms with van der Waals surface area (Å²) in [6, 6.07) is 4.78. The number of carbonyl (C=O) groups excluding carboxylic acids is 1. The van der Waals surface area contributed by atoms with E-state index in [-0.39, 0.29) is 12.4 Å². The Kier molecular flexibility index (Phi) is 5.53. The molecule has 0 aliphatic carbocycles. The zero-order chi connectivity index (χ0) is 12.0. The third-order valence-corrected chi connectivity index (χ3v) is 2.49. The van der Waals surface area contributed by atoms with Gasteiger partial charge < -0.3 is 4.74 Å². The third-order valence-electron chi connectivity index (χ3n) is 1.93. The first-order valence-electron chi connectivity index (χ1n) is 4.82. The molecule has 0 fully saturated rings. The lowest BCUT2D eigenvalue weighted by Gasteiger charge is -2.04. The van der Waals surface area contributed by atoms with Crippen LogP contribution < -0.4 is 0 Å². The first kappa shape index (κ1) is 13.2. The van der Waals surface area contributed by atoms with Crippen molar-refractivity contribution in [3.05, 3.63) is 46.5 Å². The normalized spacial score (nSPS) is 10.1. The molecule has 4 heteroatoms. The molecule has 0 bridgehead atoms. The topological polar surface area (TPSA) is 26.3 Å². The number of hydrogen-bond acceptors (Lipinski definition) is 2. The van der Waals surface area contributed by atoms with Gasteiger partial charge in [0.2, 0.25) is 0 Å². The van der Waals surface area contributed by atoms with Crippen molar-refractivity contribution in [3.63, 3.8) is 0 Å². The molecule has 1 aromatic carbocycles. The molecule has 2 nitrogen and oxygen atoms in total. The van der Waals surface area contributed by atoms with Gasteiger partial charge in [-0.1, -0.05) is 29.3 Å². The van der Waals surface area contributed by atoms with Crippen LogP contribution in [0.4, 0.5) is 0 Å². The monoisotopic (exact) mass is 258 g/mol. The average molecular weight is 259 g/mol. The highest BCUT2D eigenvalue weighted by molar-refractivity contribution is 6.35. The van der Waals surface area contributed by atoms with Crippen molar-refractivity contribution in [3.8, 4) is 0 Å². The van der Waals surface area contributed by atoms with Crippen LogP contribution in [0.2, 0.25) is 10.0 Å². The summed E-state index contributed by atoms with van der Waals surface area (Å²) in [4.78, 5) is 11.7. The first-order valence-corrected chi connectivity index (χ1v) is 5.57. The first-order chi connectivity index (χ1) is 7.65. The molecule has 0 N–H and O–H groups in total. The van der Waals surface area contributed by atoms with Gasteiger partial charge in [0.15, 0.2) is 5.78 Å². The third kappa shape index (κ3) is 3.97. The molecule has 0 unspecified atom stereocenters. The highest BCUT2D eigenvalue weighted by Gasteiger charge is 2.10. The van der Waals surface area contributed by atoms with Crippen molar-refractivity contribution in [2.45, 2.75) is 6.42 Å². The summed E-state index contributed by atoms with van der Waals surface area (Å²) in [7, 11) is 0. The van der Waals surface area contributed by atoms with Crippen molar-refractivity contribution in [1.29, 1.82) is 0 Å². The summed E-state index contributed by atoms with van der Waals surface area (Å²) < 4.78 is 5.16. The lowest BCUT2D eigenvalue weighted by atomic mass is 10.1. The minimum absolute atomic E-state index is 0.00784. The van der Waals surface area contributed by atoms with Crippen molar-refractivity contribution in [1.82, 2.24) is 0 Å². The van der Waals surface area contributed by atoms with Crippen molar-refractivity contribution in [2.75, 3.05) is 13.2 Å². The smallest absolute Gasteiger partial charge is 0.190 e. The van der Waals surface area contributed by atoms with E-state index < -0.39 is 0 Å². The Bertz CT molecular complexity index is 389. The van der Waals surface area contributed by atoms with Crippen LogP contribution in [0.3, 0.4) is 0 Å². The van der Waals surface area contributed by atoms with Gasteiger partial charge in [0.1, 0.15) is 6.61 Å². The number of halogens is 2. The van der Waals surface area contributed by atoms with Crippen LogP contribution in [0, 0.1) is 0 Å². The number of Topliss-reactive ketones (excluding diaryl/α,β-unsaturated/α-hetero) is 1. The molecule has 0 saturated carbocycles. The van der Waals surface area contributed by atoms with Crippen molar-refractivity contribution >= 4 is 29.0 Å². The molecule has 0 aliphatic rings. The summed E-state index contributed by atoms with van der Waals surface area (Å²) >= 11 is 11.7. The number of benzene rings is 1. The Morgan fingerprint density at radius 3 is 2.88 bits per heavy atom. The minimum atomic E-state index is -0.170. The van der Waals surface area contributed by atoms with Crippen LogP contribution in [0.1, 0.15) is 16.8 Å². The van der Waals surface area contributed by atoms with Gasteiger partial charge in [-0.3, -0.25) is 4.79 Å². The minimum Gasteiger partial charge on any atom is -0.373 e. The van der Waals surface area contributed by atoms with E-state index in [9.17, 15) is 4.79 Å². The Hall–Kier alpha value is -0.830. The lowest BCUT2D eigenvalue weighted by Crippen LogP contribution is -2.10. The summed E-state index contributed by atoms with van der Waals surface area (Å²) in [6.45, 7) is 4.05. The van der Waals surface area contributed by atoms with Gasteiger partial charge in [-0.05, 0) is 24.6 Å². The van der Waals surface area contributed by atoms with E-state index in [0.717, 1.165) is 6.42 Å². The SMILES string of the molecule is C=CCCOCC(=O)c1cc(Cl)ccc1Cl. The molecule has 86 valence electrons. The van der Waals surface area contributed by atoms with Crippen LogP contribution in [0.5, 0.6) is 0 Å². The maximum absolute atomic E-state index is 11.7. The van der Waals surface area contributed by atoms with Gasteiger partial charge >= 0.3 is 0 Å². The van der Waals surface area contributed by atoms with E-state index in [1.54, 1.807) is 24.3 Å². The lowest BCUT2D eigenvalue weighted by molar-refractivity contribution is 0.0768. The highest BCUT2D eigenvalue weighted by Crippen LogP contribution is 2.21. The largest absolute Gasteiger partial charge is 0.373 e. The molecule has 0 amide bonds. The Balaban J connectivity index is 2.58. The van der Waals surface area contributed by atoms with Crippen LogP contribution in [0.15, 0.2) is 30.9 Å². The molecular formula is C12H12Cl2O2. The predicted octanol–water partition coefficient (Wildman–Crippen LogP) is 3.77. The number of hydrogen-bond donors (Lipinski definition) is 0. The molecular weight excluding hydrogens is 247 g/mol. The number of ketones is 1. The zero-order valence-electron chi connectivity index (χ0n) is 8.71. The summed E-state index contributed by atoms with van der Waals surface area (Å²) in [6.07, 6.45) is 2.45. The number of rotatable bonds is 6. The van der Waals surface area contributed by atoms with E-state index in [0.29, 0.717) is 22.2 Å². The Morgan fingerprint density at radius 1 is 1.44 bits per heavy atom. The molecule has 0 saturated heterocycles. The second-order valence-electron chi connectivity index (χ2n) is 3.18. The van der Waals surface area contributed by atoms with E-state index >= 15 is 0 Å². The van der Waals surface area contributed by atoms with E-state index in [2.05, 4.69) is 6.58 Å². The van der Waals surface area contributed by atoms with E-state index in [1.165, 1.54) is 0 Å². The Labute approximate surface area is 105 Å². The number of ether oxygens (including phenoxy) is 1. The summed E-state index contributed by atoms with van der Waals surface area (Å²) in [5.74, 6) is -0.170. The molecule has 1 aromatic rings. The fourth-order valence-corrected chi connectivity index (χ4v) is 1.52. The molecule has 0 aromatic heterocycles. The van der Waals surface area contributed by atoms with Gasteiger partial charge in [-0.25, -0.2) is 0 Å². The van der Waals surface area contributed by atoms with Gasteiger partial charge in [0.25, 0.3) is 0 Å². The van der Waals surface area contributed by atoms with Crippen molar-refractivity contribution < 1.29 is 9.53 Å². The zero-order valence-corrected chi connectivity index (χ0v) is 10.2. The molecule has 0 radical (unpaired) electrons. The van der Waals surface area contributed by atoms with Gasteiger partial charge in [0.05, 0.1) is 11.6 Å². The summed E-state index contributed by atoms with van der Waals surface area (Å²) in [5.41, 5.74) is 0.396. The Morgan fingerprint density at radius 2 is 2.19 bits per heavy atom. The fourth-order valence-electron chi connectivity index (χ4n) is 1.12. The highest BCUT2D eigenvalue weighted by atomic mass is 35.5. The summed E-state index contributed by atoms with van der Waals surface area (Å²) in [5, 5.41) is 0.876. The standard InChI is InChI=1S/C12H12Cl2O2/c1-2-3-6-16-8-12(15)10-7-9(13)4-5-11(10)14/h2,4-5,7H,1,3,6,8H2. The van der Waals surface area contributed by atoms with Crippen LogP contribution in [-0.2, 0) is 4.74 Å². The van der Waals surface area contributed by atoms with Crippen LogP contribution >= 0.6 is 23.2 Å². The van der Waals surface area contributed by atoms with Gasteiger partial charge in [0, 0.05) is 10.6 Å². The molecule has 0 atom stereocenters. The second kappa shape index (κ2) is 6.69. The average Bonchev–Trinajstić information content (AvgIpc) is 2.27. The molecule has 0 aliphatic heterocycles. The molecule has 0 spiro atoms.